The summed E-state index contributed by atoms with van der Waals surface area (Å²) in [6, 6.07) is 4.92. The van der Waals surface area contributed by atoms with Crippen molar-refractivity contribution in [3.8, 4) is 11.4 Å². The molecular formula is C19H22FN7O2. The Kier molecular flexibility index (Phi) is 4.51. The fourth-order valence-corrected chi connectivity index (χ4v) is 4.01. The quantitative estimate of drug-likeness (QED) is 0.605. The molecule has 4 unspecified atom stereocenters. The second kappa shape index (κ2) is 7.20. The zero-order valence-corrected chi connectivity index (χ0v) is 16.0. The van der Waals surface area contributed by atoms with Gasteiger partial charge < -0.3 is 20.5 Å². The number of epoxide rings is 1. The highest BCUT2D eigenvalue weighted by molar-refractivity contribution is 5.72. The minimum Gasteiger partial charge on any atom is -0.491 e. The number of rotatable bonds is 6. The van der Waals surface area contributed by atoms with E-state index in [-0.39, 0.29) is 24.1 Å². The average Bonchev–Trinajstić information content (AvgIpc) is 3.10. The number of hydrogen-bond donors (Lipinski definition) is 2. The third-order valence-electron chi connectivity index (χ3n) is 5.48. The molecule has 2 fully saturated rings. The highest BCUT2D eigenvalue weighted by Crippen LogP contribution is 2.38. The fraction of sp³-hybridized carbons (Fsp3) is 0.474. The lowest BCUT2D eigenvalue weighted by molar-refractivity contribution is 0.317. The molecule has 3 N–H and O–H groups in total. The summed E-state index contributed by atoms with van der Waals surface area (Å²) >= 11 is 0. The molecule has 5 rings (SSSR count). The first-order valence-corrected chi connectivity index (χ1v) is 9.81. The Balaban J connectivity index is 1.37. The predicted octanol–water partition coefficient (Wildman–Crippen LogP) is 2.01. The largest absolute Gasteiger partial charge is 0.491 e. The Bertz CT molecular complexity index is 1040. The maximum absolute atomic E-state index is 14.3. The van der Waals surface area contributed by atoms with E-state index in [1.165, 1.54) is 10.7 Å². The van der Waals surface area contributed by atoms with Gasteiger partial charge in [-0.3, -0.25) is 0 Å². The monoisotopic (exact) mass is 399 g/mol. The number of anilines is 1. The zero-order chi connectivity index (χ0) is 20.0. The highest BCUT2D eigenvalue weighted by atomic mass is 19.1. The molecule has 0 bridgehead atoms. The predicted molar refractivity (Wildman–Crippen MR) is 103 cm³/mol. The summed E-state index contributed by atoms with van der Waals surface area (Å²) in [5.41, 5.74) is 7.34. The van der Waals surface area contributed by atoms with Crippen LogP contribution < -0.4 is 15.8 Å². The molecule has 0 amide bonds. The van der Waals surface area contributed by atoms with Crippen LogP contribution in [0.2, 0.25) is 0 Å². The zero-order valence-electron chi connectivity index (χ0n) is 16.0. The Hall–Kier alpha value is -2.85. The van der Waals surface area contributed by atoms with Crippen LogP contribution in [-0.4, -0.2) is 49.9 Å². The first-order valence-electron chi connectivity index (χ1n) is 9.81. The van der Waals surface area contributed by atoms with Crippen molar-refractivity contribution in [2.75, 3.05) is 11.9 Å². The number of benzene rings is 1. The van der Waals surface area contributed by atoms with Crippen LogP contribution in [0.25, 0.3) is 16.9 Å². The molecule has 4 atom stereocenters. The van der Waals surface area contributed by atoms with E-state index in [9.17, 15) is 4.39 Å². The maximum Gasteiger partial charge on any atom is 0.225 e. The molecule has 3 heterocycles. The topological polar surface area (TPSA) is 116 Å². The normalized spacial score (nSPS) is 26.0. The van der Waals surface area contributed by atoms with E-state index >= 15 is 0 Å². The smallest absolute Gasteiger partial charge is 0.225 e. The van der Waals surface area contributed by atoms with Gasteiger partial charge in [-0.05, 0) is 44.2 Å². The third-order valence-corrected chi connectivity index (χ3v) is 5.48. The van der Waals surface area contributed by atoms with Crippen molar-refractivity contribution in [2.45, 2.75) is 44.6 Å². The van der Waals surface area contributed by atoms with Crippen molar-refractivity contribution in [1.29, 1.82) is 0 Å². The second-order valence-corrected chi connectivity index (χ2v) is 7.43. The summed E-state index contributed by atoms with van der Waals surface area (Å²) in [6.07, 6.45) is 4.75. The van der Waals surface area contributed by atoms with Gasteiger partial charge in [0.05, 0.1) is 18.5 Å². The lowest BCUT2D eigenvalue weighted by atomic mass is 10.0. The van der Waals surface area contributed by atoms with Gasteiger partial charge in [-0.25, -0.2) is 9.37 Å². The van der Waals surface area contributed by atoms with Crippen molar-refractivity contribution < 1.29 is 13.9 Å². The molecule has 0 radical (unpaired) electrons. The summed E-state index contributed by atoms with van der Waals surface area (Å²) < 4.78 is 26.4. The number of halogens is 1. The van der Waals surface area contributed by atoms with Crippen molar-refractivity contribution in [3.05, 3.63) is 30.2 Å². The van der Waals surface area contributed by atoms with Crippen LogP contribution in [-0.2, 0) is 4.74 Å². The van der Waals surface area contributed by atoms with Crippen LogP contribution in [0.15, 0.2) is 24.4 Å². The van der Waals surface area contributed by atoms with Gasteiger partial charge in [0.2, 0.25) is 5.95 Å². The summed E-state index contributed by atoms with van der Waals surface area (Å²) in [4.78, 5) is 8.92. The summed E-state index contributed by atoms with van der Waals surface area (Å²) in [7, 11) is 0. The molecule has 29 heavy (non-hydrogen) atoms. The van der Waals surface area contributed by atoms with E-state index in [4.69, 9.17) is 15.2 Å². The number of hydrogen-bond acceptors (Lipinski definition) is 8. The van der Waals surface area contributed by atoms with E-state index < -0.39 is 5.82 Å². The van der Waals surface area contributed by atoms with Crippen LogP contribution >= 0.6 is 0 Å². The third kappa shape index (κ3) is 3.49. The molecule has 2 aliphatic rings. The number of ether oxygens (including phenoxy) is 2. The Morgan fingerprint density at radius 1 is 1.38 bits per heavy atom. The van der Waals surface area contributed by atoms with E-state index in [1.54, 1.807) is 18.3 Å². The van der Waals surface area contributed by atoms with Crippen LogP contribution in [0, 0.1) is 11.7 Å². The Labute approximate surface area is 166 Å². The van der Waals surface area contributed by atoms with E-state index in [0.717, 1.165) is 19.3 Å². The lowest BCUT2D eigenvalue weighted by Gasteiger charge is -2.12. The standard InChI is InChI=1S/C19H22FN7O2/c1-2-28-15-6-5-12(8-13(15)20)27-18-14(25-26-27)9-22-19(24-18)23-11-4-3-10(7-11)16-17(21)29-16/h5-6,8-11,16-17H,2-4,7,21H2,1H3,(H,22,23,24). The molecule has 1 aromatic carbocycles. The molecule has 0 spiro atoms. The van der Waals surface area contributed by atoms with Gasteiger partial charge >= 0.3 is 0 Å². The van der Waals surface area contributed by atoms with Gasteiger partial charge in [0.15, 0.2) is 22.7 Å². The molecule has 3 aromatic rings. The van der Waals surface area contributed by atoms with Crippen LogP contribution in [0.1, 0.15) is 26.2 Å². The number of aromatic nitrogens is 5. The summed E-state index contributed by atoms with van der Waals surface area (Å²) in [6.45, 7) is 2.20. The molecule has 2 aromatic heterocycles. The number of fused-ring (bicyclic) bond motifs is 1. The number of nitrogens with one attached hydrogen (secondary N) is 1. The molecule has 1 aliphatic carbocycles. The molecular weight excluding hydrogens is 377 g/mol. The van der Waals surface area contributed by atoms with Gasteiger partial charge in [0.1, 0.15) is 12.3 Å². The molecule has 152 valence electrons. The summed E-state index contributed by atoms with van der Waals surface area (Å²) in [5, 5.41) is 11.6. The summed E-state index contributed by atoms with van der Waals surface area (Å²) in [5.74, 6) is 0.718. The fourth-order valence-electron chi connectivity index (χ4n) is 4.01. The maximum atomic E-state index is 14.3. The van der Waals surface area contributed by atoms with Crippen LogP contribution in [0.4, 0.5) is 10.3 Å². The van der Waals surface area contributed by atoms with Crippen LogP contribution in [0.3, 0.4) is 0 Å². The molecule has 1 aliphatic heterocycles. The van der Waals surface area contributed by atoms with Gasteiger partial charge in [-0.2, -0.15) is 9.67 Å². The minimum absolute atomic E-state index is 0.110. The van der Waals surface area contributed by atoms with Crippen molar-refractivity contribution in [3.63, 3.8) is 0 Å². The molecule has 1 saturated heterocycles. The van der Waals surface area contributed by atoms with Gasteiger partial charge in [0, 0.05) is 12.1 Å². The van der Waals surface area contributed by atoms with Gasteiger partial charge in [0.25, 0.3) is 0 Å². The Morgan fingerprint density at radius 2 is 2.24 bits per heavy atom. The number of nitrogens with two attached hydrogens (primary N) is 1. The average molecular weight is 399 g/mol. The van der Waals surface area contributed by atoms with Crippen molar-refractivity contribution in [1.82, 2.24) is 25.0 Å². The SMILES string of the molecule is CCOc1ccc(-n2nnc3cnc(NC4CCC(C5OC5N)C4)nc32)cc1F. The first kappa shape index (κ1) is 18.2. The van der Waals surface area contributed by atoms with E-state index in [0.29, 0.717) is 35.3 Å². The molecule has 9 nitrogen and oxygen atoms in total. The minimum atomic E-state index is -0.460. The van der Waals surface area contributed by atoms with Gasteiger partial charge in [-0.1, -0.05) is 5.21 Å². The lowest BCUT2D eigenvalue weighted by Crippen LogP contribution is -2.19. The first-order chi connectivity index (χ1) is 14.1. The molecule has 10 heteroatoms. The second-order valence-electron chi connectivity index (χ2n) is 7.43. The Morgan fingerprint density at radius 3 is 3.00 bits per heavy atom. The van der Waals surface area contributed by atoms with Gasteiger partial charge in [-0.15, -0.1) is 5.10 Å². The van der Waals surface area contributed by atoms with E-state index in [2.05, 4.69) is 25.6 Å². The highest BCUT2D eigenvalue weighted by Gasteiger charge is 2.45. The van der Waals surface area contributed by atoms with Crippen LogP contribution in [0.5, 0.6) is 5.75 Å². The molecule has 1 saturated carbocycles. The van der Waals surface area contributed by atoms with E-state index in [1.807, 2.05) is 6.92 Å². The van der Waals surface area contributed by atoms with Crippen molar-refractivity contribution in [2.24, 2.45) is 11.7 Å². The number of nitrogens with zero attached hydrogens (tertiary/aromatic N) is 5. The van der Waals surface area contributed by atoms with Crippen molar-refractivity contribution >= 4 is 17.1 Å².